The number of carboxylic acids is 1. The molecule has 0 saturated carbocycles. The Morgan fingerprint density at radius 1 is 1.32 bits per heavy atom. The summed E-state index contributed by atoms with van der Waals surface area (Å²) in [6, 6.07) is 7.73. The van der Waals surface area contributed by atoms with Crippen LogP contribution in [-0.4, -0.2) is 17.7 Å². The van der Waals surface area contributed by atoms with Crippen molar-refractivity contribution in [3.8, 4) is 0 Å². The fraction of sp³-hybridized carbons (Fsp3) is 0.438. The summed E-state index contributed by atoms with van der Waals surface area (Å²) < 4.78 is 5.61. The zero-order valence-corrected chi connectivity index (χ0v) is 11.5. The number of benzene rings is 1. The lowest BCUT2D eigenvalue weighted by Gasteiger charge is -2.05. The Morgan fingerprint density at radius 2 is 2.16 bits per heavy atom. The summed E-state index contributed by atoms with van der Waals surface area (Å²) >= 11 is 0. The van der Waals surface area contributed by atoms with E-state index in [9.17, 15) is 4.79 Å². The summed E-state index contributed by atoms with van der Waals surface area (Å²) in [6.45, 7) is 3.56. The van der Waals surface area contributed by atoms with Gasteiger partial charge in [-0.3, -0.25) is 0 Å². The van der Waals surface area contributed by atoms with Crippen LogP contribution in [0.3, 0.4) is 0 Å². The van der Waals surface area contributed by atoms with Crippen molar-refractivity contribution in [2.45, 2.75) is 39.2 Å². The van der Waals surface area contributed by atoms with Crippen LogP contribution in [0.15, 0.2) is 30.3 Å². The highest BCUT2D eigenvalue weighted by Crippen LogP contribution is 2.09. The molecule has 0 aromatic heterocycles. The molecule has 3 nitrogen and oxygen atoms in total. The second-order valence-corrected chi connectivity index (χ2v) is 4.53. The van der Waals surface area contributed by atoms with Gasteiger partial charge in [0.05, 0.1) is 6.61 Å². The molecule has 104 valence electrons. The third-order valence-corrected chi connectivity index (χ3v) is 2.78. The zero-order valence-electron chi connectivity index (χ0n) is 11.5. The van der Waals surface area contributed by atoms with Gasteiger partial charge in [-0.25, -0.2) is 4.79 Å². The second-order valence-electron chi connectivity index (χ2n) is 4.53. The molecule has 0 aliphatic carbocycles. The lowest BCUT2D eigenvalue weighted by Crippen LogP contribution is -1.96. The molecular weight excluding hydrogens is 240 g/mol. The van der Waals surface area contributed by atoms with Gasteiger partial charge in [0.15, 0.2) is 0 Å². The summed E-state index contributed by atoms with van der Waals surface area (Å²) in [5, 5.41) is 8.58. The highest BCUT2D eigenvalue weighted by atomic mass is 16.5. The third-order valence-electron chi connectivity index (χ3n) is 2.78. The normalized spacial score (nSPS) is 11.0. The van der Waals surface area contributed by atoms with Gasteiger partial charge in [0.2, 0.25) is 0 Å². The molecule has 1 aromatic carbocycles. The van der Waals surface area contributed by atoms with Gasteiger partial charge in [-0.2, -0.15) is 0 Å². The van der Waals surface area contributed by atoms with Gasteiger partial charge in [-0.1, -0.05) is 44.4 Å². The molecule has 0 aliphatic heterocycles. The number of rotatable bonds is 9. The molecule has 19 heavy (non-hydrogen) atoms. The monoisotopic (exact) mass is 262 g/mol. The Labute approximate surface area is 114 Å². The van der Waals surface area contributed by atoms with Crippen molar-refractivity contribution in [3.05, 3.63) is 41.5 Å². The number of ether oxygens (including phenoxy) is 1. The van der Waals surface area contributed by atoms with E-state index in [0.717, 1.165) is 30.2 Å². The first-order chi connectivity index (χ1) is 9.22. The highest BCUT2D eigenvalue weighted by Gasteiger charge is 1.96. The van der Waals surface area contributed by atoms with Crippen molar-refractivity contribution in [3.63, 3.8) is 0 Å². The van der Waals surface area contributed by atoms with E-state index in [1.165, 1.54) is 19.3 Å². The van der Waals surface area contributed by atoms with Crippen molar-refractivity contribution >= 4 is 12.0 Å². The Morgan fingerprint density at radius 3 is 2.89 bits per heavy atom. The van der Waals surface area contributed by atoms with E-state index in [4.69, 9.17) is 9.84 Å². The van der Waals surface area contributed by atoms with E-state index in [1.807, 2.05) is 24.3 Å². The average Bonchev–Trinajstić information content (AvgIpc) is 2.41. The number of hydrogen-bond donors (Lipinski definition) is 1. The molecule has 1 aromatic rings. The van der Waals surface area contributed by atoms with Crippen LogP contribution in [0.25, 0.3) is 6.08 Å². The van der Waals surface area contributed by atoms with Crippen LogP contribution in [0.4, 0.5) is 0 Å². The molecule has 0 amide bonds. The van der Waals surface area contributed by atoms with Gasteiger partial charge >= 0.3 is 5.97 Å². The van der Waals surface area contributed by atoms with Crippen molar-refractivity contribution in [2.75, 3.05) is 6.61 Å². The quantitative estimate of drug-likeness (QED) is 0.542. The van der Waals surface area contributed by atoms with Gasteiger partial charge in [-0.05, 0) is 29.7 Å². The molecule has 0 bridgehead atoms. The van der Waals surface area contributed by atoms with E-state index in [1.54, 1.807) is 6.08 Å². The Kier molecular flexibility index (Phi) is 7.59. The largest absolute Gasteiger partial charge is 0.478 e. The minimum absolute atomic E-state index is 0.584. The minimum Gasteiger partial charge on any atom is -0.478 e. The zero-order chi connectivity index (χ0) is 13.9. The smallest absolute Gasteiger partial charge is 0.328 e. The molecule has 0 unspecified atom stereocenters. The summed E-state index contributed by atoms with van der Waals surface area (Å²) in [4.78, 5) is 10.4. The average molecular weight is 262 g/mol. The van der Waals surface area contributed by atoms with Gasteiger partial charge in [0.1, 0.15) is 0 Å². The molecular formula is C16H22O3. The van der Waals surface area contributed by atoms with Crippen LogP contribution in [0, 0.1) is 0 Å². The lowest BCUT2D eigenvalue weighted by molar-refractivity contribution is -0.131. The number of carbonyl (C=O) groups is 1. The highest BCUT2D eigenvalue weighted by molar-refractivity contribution is 5.85. The van der Waals surface area contributed by atoms with E-state index in [-0.39, 0.29) is 0 Å². The summed E-state index contributed by atoms with van der Waals surface area (Å²) in [7, 11) is 0. The first-order valence-electron chi connectivity index (χ1n) is 6.80. The van der Waals surface area contributed by atoms with Gasteiger partial charge in [0.25, 0.3) is 0 Å². The number of unbranched alkanes of at least 4 members (excludes halogenated alkanes) is 3. The predicted molar refractivity (Wildman–Crippen MR) is 76.9 cm³/mol. The molecule has 0 saturated heterocycles. The van der Waals surface area contributed by atoms with Crippen molar-refractivity contribution in [1.82, 2.24) is 0 Å². The molecule has 3 heteroatoms. The van der Waals surface area contributed by atoms with Crippen LogP contribution < -0.4 is 0 Å². The van der Waals surface area contributed by atoms with E-state index in [0.29, 0.717) is 6.61 Å². The van der Waals surface area contributed by atoms with E-state index >= 15 is 0 Å². The Bertz CT molecular complexity index is 410. The molecule has 0 heterocycles. The van der Waals surface area contributed by atoms with E-state index in [2.05, 4.69) is 6.92 Å². The SMILES string of the molecule is CCCCCCOCc1cccc(C=CC(=O)O)c1. The van der Waals surface area contributed by atoms with Gasteiger partial charge in [0, 0.05) is 12.7 Å². The summed E-state index contributed by atoms with van der Waals surface area (Å²) in [5.41, 5.74) is 1.96. The summed E-state index contributed by atoms with van der Waals surface area (Å²) in [6.07, 6.45) is 7.55. The molecule has 0 atom stereocenters. The fourth-order valence-electron chi connectivity index (χ4n) is 1.78. The van der Waals surface area contributed by atoms with Crippen molar-refractivity contribution < 1.29 is 14.6 Å². The fourth-order valence-corrected chi connectivity index (χ4v) is 1.78. The van der Waals surface area contributed by atoms with E-state index < -0.39 is 5.97 Å². The Hall–Kier alpha value is -1.61. The minimum atomic E-state index is -0.933. The molecule has 1 N–H and O–H groups in total. The second kappa shape index (κ2) is 9.34. The first kappa shape index (κ1) is 15.4. The Balaban J connectivity index is 2.34. The maximum absolute atomic E-state index is 10.4. The van der Waals surface area contributed by atoms with Crippen LogP contribution in [0.5, 0.6) is 0 Å². The van der Waals surface area contributed by atoms with Crippen LogP contribution in [0.2, 0.25) is 0 Å². The predicted octanol–water partition coefficient (Wildman–Crippen LogP) is 3.88. The van der Waals surface area contributed by atoms with Crippen molar-refractivity contribution in [2.24, 2.45) is 0 Å². The molecule has 1 rings (SSSR count). The van der Waals surface area contributed by atoms with Crippen LogP contribution >= 0.6 is 0 Å². The maximum Gasteiger partial charge on any atom is 0.328 e. The van der Waals surface area contributed by atoms with Crippen LogP contribution in [-0.2, 0) is 16.1 Å². The number of carboxylic acid groups (broad SMARTS) is 1. The standard InChI is InChI=1S/C16H22O3/c1-2-3-4-5-11-19-13-15-8-6-7-14(12-15)9-10-16(17)18/h6-10,12H,2-5,11,13H2,1H3,(H,17,18). The van der Waals surface area contributed by atoms with Crippen molar-refractivity contribution in [1.29, 1.82) is 0 Å². The first-order valence-corrected chi connectivity index (χ1v) is 6.80. The molecule has 0 fully saturated rings. The van der Waals surface area contributed by atoms with Gasteiger partial charge in [-0.15, -0.1) is 0 Å². The van der Waals surface area contributed by atoms with Gasteiger partial charge < -0.3 is 9.84 Å². The molecule has 0 radical (unpaired) electrons. The van der Waals surface area contributed by atoms with Crippen LogP contribution in [0.1, 0.15) is 43.7 Å². The maximum atomic E-state index is 10.4. The third kappa shape index (κ3) is 7.42. The number of aliphatic carboxylic acids is 1. The summed E-state index contributed by atoms with van der Waals surface area (Å²) in [5.74, 6) is -0.933. The molecule has 0 spiro atoms. The number of hydrogen-bond acceptors (Lipinski definition) is 2. The topological polar surface area (TPSA) is 46.5 Å². The lowest BCUT2D eigenvalue weighted by atomic mass is 10.1. The molecule has 0 aliphatic rings.